The molecule has 9 aromatic carbocycles. The van der Waals surface area contributed by atoms with Crippen LogP contribution in [-0.4, -0.2) is 9.55 Å². The van der Waals surface area contributed by atoms with Gasteiger partial charge < -0.3 is 0 Å². The second-order valence-electron chi connectivity index (χ2n) is 13.1. The molecule has 0 bridgehead atoms. The summed E-state index contributed by atoms with van der Waals surface area (Å²) in [5.74, 6) is 0.933. The molecule has 238 valence electrons. The van der Waals surface area contributed by atoms with Crippen molar-refractivity contribution in [3.05, 3.63) is 194 Å². The minimum absolute atomic E-state index is 0.933. The number of imidazole rings is 1. The largest absolute Gasteiger partial charge is 0.292 e. The molecular formula is C49H32N2. The van der Waals surface area contributed by atoms with E-state index in [1.54, 1.807) is 0 Å². The third-order valence-electron chi connectivity index (χ3n) is 10.2. The molecule has 0 saturated heterocycles. The molecule has 0 spiro atoms. The summed E-state index contributed by atoms with van der Waals surface area (Å²) in [6.45, 7) is 0. The minimum Gasteiger partial charge on any atom is -0.292 e. The van der Waals surface area contributed by atoms with E-state index in [0.717, 1.165) is 28.1 Å². The van der Waals surface area contributed by atoms with Crippen molar-refractivity contribution in [2.75, 3.05) is 0 Å². The van der Waals surface area contributed by atoms with E-state index >= 15 is 0 Å². The van der Waals surface area contributed by atoms with Gasteiger partial charge in [-0.25, -0.2) is 4.98 Å². The van der Waals surface area contributed by atoms with E-state index in [2.05, 4.69) is 199 Å². The lowest BCUT2D eigenvalue weighted by Crippen LogP contribution is -1.98. The van der Waals surface area contributed by atoms with Crippen molar-refractivity contribution >= 4 is 43.4 Å². The van der Waals surface area contributed by atoms with Gasteiger partial charge in [-0.05, 0) is 84.6 Å². The minimum atomic E-state index is 0.933. The molecule has 0 unspecified atom stereocenters. The predicted octanol–water partition coefficient (Wildman–Crippen LogP) is 13.2. The third kappa shape index (κ3) is 4.84. The number of para-hydroxylation sites is 2. The Morgan fingerprint density at radius 1 is 0.333 bits per heavy atom. The van der Waals surface area contributed by atoms with E-state index in [-0.39, 0.29) is 0 Å². The number of hydrogen-bond donors (Lipinski definition) is 0. The molecule has 10 aromatic rings. The van der Waals surface area contributed by atoms with Gasteiger partial charge in [0, 0.05) is 10.9 Å². The van der Waals surface area contributed by atoms with Gasteiger partial charge in [-0.3, -0.25) is 4.57 Å². The fraction of sp³-hybridized carbons (Fsp3) is 0. The first-order valence-electron chi connectivity index (χ1n) is 17.5. The van der Waals surface area contributed by atoms with E-state index in [1.807, 2.05) is 0 Å². The Kier molecular flexibility index (Phi) is 6.85. The van der Waals surface area contributed by atoms with Crippen molar-refractivity contribution in [3.63, 3.8) is 0 Å². The maximum atomic E-state index is 5.19. The summed E-state index contributed by atoms with van der Waals surface area (Å²) in [6.07, 6.45) is 0. The summed E-state index contributed by atoms with van der Waals surface area (Å²) in [6, 6.07) is 69.8. The standard InChI is InChI=1S/C49H32N2/c1-3-15-35(16-4-1)47-40-21-9-10-22-41(40)48(36-17-5-2-6-18-36)43-32-38(30-31-42(43)47)33-26-28-37(29-27-33)49-50-44-23-11-12-24-46(44)51(49)45-25-13-19-34-14-7-8-20-39(34)45/h1-32H. The van der Waals surface area contributed by atoms with E-state index in [1.165, 1.54) is 65.7 Å². The Balaban J connectivity index is 1.16. The maximum absolute atomic E-state index is 5.19. The van der Waals surface area contributed by atoms with Gasteiger partial charge in [0.1, 0.15) is 5.82 Å². The molecule has 1 heterocycles. The van der Waals surface area contributed by atoms with Gasteiger partial charge in [-0.2, -0.15) is 0 Å². The summed E-state index contributed by atoms with van der Waals surface area (Å²) >= 11 is 0. The molecule has 2 nitrogen and oxygen atoms in total. The van der Waals surface area contributed by atoms with E-state index in [4.69, 9.17) is 4.98 Å². The summed E-state index contributed by atoms with van der Waals surface area (Å²) < 4.78 is 2.31. The molecule has 0 aliphatic heterocycles. The normalized spacial score (nSPS) is 11.5. The fourth-order valence-electron chi connectivity index (χ4n) is 7.87. The summed E-state index contributed by atoms with van der Waals surface area (Å²) in [5.41, 5.74) is 11.6. The number of nitrogens with zero attached hydrogens (tertiary/aromatic N) is 2. The number of aromatic nitrogens is 2. The Morgan fingerprint density at radius 3 is 1.59 bits per heavy atom. The Morgan fingerprint density at radius 2 is 0.863 bits per heavy atom. The number of rotatable bonds is 5. The van der Waals surface area contributed by atoms with Crippen LogP contribution < -0.4 is 0 Å². The summed E-state index contributed by atoms with van der Waals surface area (Å²) in [5, 5.41) is 7.44. The van der Waals surface area contributed by atoms with Gasteiger partial charge in [-0.15, -0.1) is 0 Å². The van der Waals surface area contributed by atoms with Crippen molar-refractivity contribution < 1.29 is 0 Å². The molecule has 0 radical (unpaired) electrons. The van der Waals surface area contributed by atoms with Crippen LogP contribution in [0.2, 0.25) is 0 Å². The molecule has 0 aliphatic rings. The highest BCUT2D eigenvalue weighted by atomic mass is 15.1. The van der Waals surface area contributed by atoms with E-state index < -0.39 is 0 Å². The molecule has 0 N–H and O–H groups in total. The Hall–Kier alpha value is -6.77. The molecule has 10 rings (SSSR count). The topological polar surface area (TPSA) is 17.8 Å². The van der Waals surface area contributed by atoms with Crippen LogP contribution in [0.15, 0.2) is 194 Å². The second-order valence-corrected chi connectivity index (χ2v) is 13.1. The quantitative estimate of drug-likeness (QED) is 0.170. The lowest BCUT2D eigenvalue weighted by Gasteiger charge is -2.18. The zero-order chi connectivity index (χ0) is 33.7. The van der Waals surface area contributed by atoms with Gasteiger partial charge in [0.25, 0.3) is 0 Å². The van der Waals surface area contributed by atoms with Gasteiger partial charge in [-0.1, -0.05) is 170 Å². The van der Waals surface area contributed by atoms with Crippen molar-refractivity contribution in [2.24, 2.45) is 0 Å². The van der Waals surface area contributed by atoms with Crippen LogP contribution in [0.4, 0.5) is 0 Å². The average molecular weight is 649 g/mol. The van der Waals surface area contributed by atoms with Crippen molar-refractivity contribution in [1.29, 1.82) is 0 Å². The van der Waals surface area contributed by atoms with Gasteiger partial charge in [0.15, 0.2) is 0 Å². The van der Waals surface area contributed by atoms with Crippen molar-refractivity contribution in [2.45, 2.75) is 0 Å². The molecule has 51 heavy (non-hydrogen) atoms. The highest BCUT2D eigenvalue weighted by Crippen LogP contribution is 2.45. The monoisotopic (exact) mass is 648 g/mol. The van der Waals surface area contributed by atoms with Crippen LogP contribution in [0.1, 0.15) is 0 Å². The molecular weight excluding hydrogens is 617 g/mol. The summed E-state index contributed by atoms with van der Waals surface area (Å²) in [7, 11) is 0. The molecule has 0 atom stereocenters. The molecule has 0 fully saturated rings. The first-order chi connectivity index (χ1) is 25.3. The summed E-state index contributed by atoms with van der Waals surface area (Å²) in [4.78, 5) is 5.19. The third-order valence-corrected chi connectivity index (χ3v) is 10.2. The molecule has 0 amide bonds. The van der Waals surface area contributed by atoms with Crippen LogP contribution in [0.3, 0.4) is 0 Å². The molecule has 1 aromatic heterocycles. The number of fused-ring (bicyclic) bond motifs is 4. The van der Waals surface area contributed by atoms with Gasteiger partial charge in [0.2, 0.25) is 0 Å². The fourth-order valence-corrected chi connectivity index (χ4v) is 7.87. The Labute approximate surface area is 296 Å². The first-order valence-corrected chi connectivity index (χ1v) is 17.5. The van der Waals surface area contributed by atoms with Crippen molar-refractivity contribution in [1.82, 2.24) is 9.55 Å². The molecule has 0 aliphatic carbocycles. The second kappa shape index (κ2) is 12.0. The predicted molar refractivity (Wildman–Crippen MR) is 215 cm³/mol. The number of benzene rings is 9. The molecule has 0 saturated carbocycles. The van der Waals surface area contributed by atoms with E-state index in [0.29, 0.717) is 0 Å². The lowest BCUT2D eigenvalue weighted by atomic mass is 9.85. The van der Waals surface area contributed by atoms with Crippen LogP contribution >= 0.6 is 0 Å². The molecule has 2 heteroatoms. The highest BCUT2D eigenvalue weighted by molar-refractivity contribution is 6.22. The zero-order valence-electron chi connectivity index (χ0n) is 27.9. The smallest absolute Gasteiger partial charge is 0.145 e. The first kappa shape index (κ1) is 29.2. The number of hydrogen-bond acceptors (Lipinski definition) is 1. The van der Waals surface area contributed by atoms with Crippen LogP contribution in [0, 0.1) is 0 Å². The van der Waals surface area contributed by atoms with Crippen LogP contribution in [0.5, 0.6) is 0 Å². The Bertz CT molecular complexity index is 2880. The SMILES string of the molecule is c1ccc(-c2c3ccccc3c(-c3ccccc3)c3cc(-c4ccc(-c5nc6ccccc6n5-c5cccc6ccccc56)cc4)ccc23)cc1. The van der Waals surface area contributed by atoms with Gasteiger partial charge in [0.05, 0.1) is 16.7 Å². The maximum Gasteiger partial charge on any atom is 0.145 e. The van der Waals surface area contributed by atoms with Crippen LogP contribution in [0.25, 0.3) is 93.8 Å². The zero-order valence-corrected chi connectivity index (χ0v) is 27.9. The van der Waals surface area contributed by atoms with Gasteiger partial charge >= 0.3 is 0 Å². The van der Waals surface area contributed by atoms with Crippen molar-refractivity contribution in [3.8, 4) is 50.5 Å². The lowest BCUT2D eigenvalue weighted by molar-refractivity contribution is 1.11. The van der Waals surface area contributed by atoms with Crippen LogP contribution in [-0.2, 0) is 0 Å². The average Bonchev–Trinajstić information content (AvgIpc) is 3.59. The van der Waals surface area contributed by atoms with E-state index in [9.17, 15) is 0 Å². The highest BCUT2D eigenvalue weighted by Gasteiger charge is 2.19.